The maximum atomic E-state index is 12.7. The molecule has 4 heteroatoms. The third-order valence-electron chi connectivity index (χ3n) is 4.78. The summed E-state index contributed by atoms with van der Waals surface area (Å²) in [5.74, 6) is 2.12. The molecule has 2 atom stereocenters. The highest BCUT2D eigenvalue weighted by molar-refractivity contribution is 8.00. The van der Waals surface area contributed by atoms with Crippen molar-refractivity contribution >= 4 is 17.5 Å². The van der Waals surface area contributed by atoms with Crippen molar-refractivity contribution in [3.05, 3.63) is 23.8 Å². The van der Waals surface area contributed by atoms with E-state index in [0.29, 0.717) is 22.7 Å². The van der Waals surface area contributed by atoms with E-state index in [1.165, 1.54) is 19.3 Å². The first-order valence-electron chi connectivity index (χ1n) is 8.08. The van der Waals surface area contributed by atoms with Crippen molar-refractivity contribution < 1.29 is 14.3 Å². The van der Waals surface area contributed by atoms with Crippen molar-refractivity contribution in [3.8, 4) is 11.5 Å². The lowest BCUT2D eigenvalue weighted by Crippen LogP contribution is -2.33. The lowest BCUT2D eigenvalue weighted by molar-refractivity contribution is -0.122. The molecule has 2 heterocycles. The van der Waals surface area contributed by atoms with E-state index in [9.17, 15) is 4.79 Å². The second-order valence-corrected chi connectivity index (χ2v) is 7.95. The number of hydrogen-bond acceptors (Lipinski definition) is 4. The largest absolute Gasteiger partial charge is 0.497 e. The predicted molar refractivity (Wildman–Crippen MR) is 90.0 cm³/mol. The number of thioether (sulfide) groups is 1. The number of hydrogen-bond donors (Lipinski definition) is 0. The topological polar surface area (TPSA) is 35.5 Å². The Hall–Kier alpha value is -1.16. The normalized spacial score (nSPS) is 27.3. The van der Waals surface area contributed by atoms with Gasteiger partial charge in [-0.25, -0.2) is 0 Å². The molecule has 120 valence electrons. The molecule has 0 spiro atoms. The van der Waals surface area contributed by atoms with E-state index in [1.54, 1.807) is 14.2 Å². The van der Waals surface area contributed by atoms with Crippen LogP contribution in [0.15, 0.2) is 18.2 Å². The van der Waals surface area contributed by atoms with Gasteiger partial charge in [0, 0.05) is 28.9 Å². The minimum atomic E-state index is 0.244. The first-order chi connectivity index (χ1) is 10.7. The van der Waals surface area contributed by atoms with Gasteiger partial charge in [-0.15, -0.1) is 0 Å². The van der Waals surface area contributed by atoms with Gasteiger partial charge < -0.3 is 9.47 Å². The van der Waals surface area contributed by atoms with Crippen molar-refractivity contribution in [1.29, 1.82) is 0 Å². The van der Waals surface area contributed by atoms with E-state index in [2.05, 4.69) is 11.8 Å². The molecule has 22 heavy (non-hydrogen) atoms. The fourth-order valence-electron chi connectivity index (χ4n) is 3.64. The molecule has 0 aliphatic carbocycles. The summed E-state index contributed by atoms with van der Waals surface area (Å²) < 4.78 is 10.6. The standard InChI is InChI=1S/C18H24O3S/c1-20-14-6-12(7-15(11-14)21-2)8-18(19)13-9-16-4-3-5-17(10-13)22-16/h6-7,11,13,16-17H,3-5,8-10H2,1-2H3. The molecule has 1 aromatic carbocycles. The molecule has 2 saturated heterocycles. The quantitative estimate of drug-likeness (QED) is 0.825. The van der Waals surface area contributed by atoms with Crippen LogP contribution >= 0.6 is 11.8 Å². The molecule has 3 rings (SSSR count). The molecular weight excluding hydrogens is 296 g/mol. The van der Waals surface area contributed by atoms with Gasteiger partial charge in [-0.2, -0.15) is 11.8 Å². The zero-order valence-electron chi connectivity index (χ0n) is 13.3. The molecule has 0 radical (unpaired) electrons. The van der Waals surface area contributed by atoms with Gasteiger partial charge in [0.25, 0.3) is 0 Å². The first-order valence-corrected chi connectivity index (χ1v) is 9.02. The molecule has 2 unspecified atom stereocenters. The molecular formula is C18H24O3S. The van der Waals surface area contributed by atoms with Gasteiger partial charge >= 0.3 is 0 Å². The number of benzene rings is 1. The molecule has 2 aliphatic heterocycles. The van der Waals surface area contributed by atoms with E-state index in [0.717, 1.165) is 29.9 Å². The fourth-order valence-corrected chi connectivity index (χ4v) is 5.47. The smallest absolute Gasteiger partial charge is 0.140 e. The van der Waals surface area contributed by atoms with E-state index in [4.69, 9.17) is 9.47 Å². The van der Waals surface area contributed by atoms with Gasteiger partial charge in [-0.05, 0) is 43.4 Å². The van der Waals surface area contributed by atoms with Crippen LogP contribution in [0.2, 0.25) is 0 Å². The summed E-state index contributed by atoms with van der Waals surface area (Å²) in [7, 11) is 3.28. The summed E-state index contributed by atoms with van der Waals surface area (Å²) in [6.07, 6.45) is 6.55. The van der Waals surface area contributed by atoms with Gasteiger partial charge in [0.15, 0.2) is 0 Å². The highest BCUT2D eigenvalue weighted by Crippen LogP contribution is 2.44. The zero-order chi connectivity index (χ0) is 15.5. The molecule has 2 fully saturated rings. The Labute approximate surface area is 136 Å². The number of carbonyl (C=O) groups is 1. The lowest BCUT2D eigenvalue weighted by Gasteiger charge is -2.38. The molecule has 0 aromatic heterocycles. The molecule has 0 amide bonds. The molecule has 2 bridgehead atoms. The average Bonchev–Trinajstić information content (AvgIpc) is 2.54. The Balaban J connectivity index is 1.68. The van der Waals surface area contributed by atoms with Crippen molar-refractivity contribution in [1.82, 2.24) is 0 Å². The number of ketones is 1. The monoisotopic (exact) mass is 320 g/mol. The van der Waals surface area contributed by atoms with Gasteiger partial charge in [0.1, 0.15) is 17.3 Å². The number of rotatable bonds is 5. The summed E-state index contributed by atoms with van der Waals surface area (Å²) in [5.41, 5.74) is 0.990. The second kappa shape index (κ2) is 6.95. The van der Waals surface area contributed by atoms with Crippen molar-refractivity contribution in [2.24, 2.45) is 5.92 Å². The number of methoxy groups -OCH3 is 2. The van der Waals surface area contributed by atoms with E-state index in [-0.39, 0.29) is 5.92 Å². The zero-order valence-corrected chi connectivity index (χ0v) is 14.2. The van der Waals surface area contributed by atoms with Crippen LogP contribution < -0.4 is 9.47 Å². The van der Waals surface area contributed by atoms with Crippen LogP contribution in [0, 0.1) is 5.92 Å². The molecule has 0 N–H and O–H groups in total. The Morgan fingerprint density at radius 1 is 1.09 bits per heavy atom. The number of ether oxygens (including phenoxy) is 2. The molecule has 1 aromatic rings. The Morgan fingerprint density at radius 2 is 1.68 bits per heavy atom. The van der Waals surface area contributed by atoms with Gasteiger partial charge in [0.2, 0.25) is 0 Å². The summed E-state index contributed by atoms with van der Waals surface area (Å²) >= 11 is 2.12. The Bertz CT molecular complexity index is 509. The average molecular weight is 320 g/mol. The number of Topliss-reactive ketones (excluding diaryl/α,β-unsaturated/α-hetero) is 1. The number of fused-ring (bicyclic) bond motifs is 2. The minimum absolute atomic E-state index is 0.244. The SMILES string of the molecule is COc1cc(CC(=O)C2CC3CCCC(C2)S3)cc(OC)c1. The van der Waals surface area contributed by atoms with Crippen molar-refractivity contribution in [2.75, 3.05) is 14.2 Å². The van der Waals surface area contributed by atoms with Crippen LogP contribution in [0.4, 0.5) is 0 Å². The van der Waals surface area contributed by atoms with Gasteiger partial charge in [0.05, 0.1) is 14.2 Å². The number of carbonyl (C=O) groups excluding carboxylic acids is 1. The Morgan fingerprint density at radius 3 is 2.23 bits per heavy atom. The molecule has 0 saturated carbocycles. The van der Waals surface area contributed by atoms with Crippen LogP contribution in [0.1, 0.15) is 37.7 Å². The minimum Gasteiger partial charge on any atom is -0.497 e. The molecule has 2 aliphatic rings. The maximum absolute atomic E-state index is 12.7. The lowest BCUT2D eigenvalue weighted by atomic mass is 9.85. The maximum Gasteiger partial charge on any atom is 0.140 e. The van der Waals surface area contributed by atoms with Crippen LogP contribution in [0.3, 0.4) is 0 Å². The van der Waals surface area contributed by atoms with E-state index in [1.807, 2.05) is 18.2 Å². The van der Waals surface area contributed by atoms with Crippen LogP contribution in [0.5, 0.6) is 11.5 Å². The fraction of sp³-hybridized carbons (Fsp3) is 0.611. The van der Waals surface area contributed by atoms with Gasteiger partial charge in [-0.1, -0.05) is 6.42 Å². The second-order valence-electron chi connectivity index (χ2n) is 6.34. The van der Waals surface area contributed by atoms with Gasteiger partial charge in [-0.3, -0.25) is 4.79 Å². The van der Waals surface area contributed by atoms with E-state index >= 15 is 0 Å². The van der Waals surface area contributed by atoms with E-state index < -0.39 is 0 Å². The highest BCUT2D eigenvalue weighted by Gasteiger charge is 2.35. The summed E-state index contributed by atoms with van der Waals surface area (Å²) in [6, 6.07) is 5.73. The Kier molecular flexibility index (Phi) is 4.97. The summed E-state index contributed by atoms with van der Waals surface area (Å²) in [4.78, 5) is 12.7. The first kappa shape index (κ1) is 15.7. The van der Waals surface area contributed by atoms with Crippen LogP contribution in [-0.2, 0) is 11.2 Å². The highest BCUT2D eigenvalue weighted by atomic mass is 32.2. The molecule has 3 nitrogen and oxygen atoms in total. The van der Waals surface area contributed by atoms with Crippen LogP contribution in [0.25, 0.3) is 0 Å². The summed E-state index contributed by atoms with van der Waals surface area (Å²) in [5, 5.41) is 1.42. The van der Waals surface area contributed by atoms with Crippen LogP contribution in [-0.4, -0.2) is 30.5 Å². The third kappa shape index (κ3) is 3.60. The third-order valence-corrected chi connectivity index (χ3v) is 6.40. The predicted octanol–water partition coefficient (Wildman–Crippen LogP) is 3.88. The summed E-state index contributed by atoms with van der Waals surface area (Å²) in [6.45, 7) is 0. The van der Waals surface area contributed by atoms with Crippen molar-refractivity contribution in [2.45, 2.75) is 49.0 Å². The van der Waals surface area contributed by atoms with Crippen molar-refractivity contribution in [3.63, 3.8) is 0 Å².